The van der Waals surface area contributed by atoms with E-state index in [2.05, 4.69) is 0 Å². The maximum absolute atomic E-state index is 13.3. The first-order chi connectivity index (χ1) is 14.0. The zero-order chi connectivity index (χ0) is 20.5. The van der Waals surface area contributed by atoms with Crippen molar-refractivity contribution in [2.24, 2.45) is 0 Å². The summed E-state index contributed by atoms with van der Waals surface area (Å²) in [4.78, 5) is 41.8. The Morgan fingerprint density at radius 1 is 1.00 bits per heavy atom. The molecule has 0 aromatic heterocycles. The van der Waals surface area contributed by atoms with E-state index in [9.17, 15) is 18.8 Å². The maximum atomic E-state index is 13.3. The zero-order valence-electron chi connectivity index (χ0n) is 15.7. The third kappa shape index (κ3) is 3.77. The van der Waals surface area contributed by atoms with Crippen molar-refractivity contribution >= 4 is 35.0 Å². The highest BCUT2D eigenvalue weighted by molar-refractivity contribution is 6.31. The van der Waals surface area contributed by atoms with Gasteiger partial charge in [0, 0.05) is 16.6 Å². The molecule has 1 atom stereocenters. The smallest absolute Gasteiger partial charge is 0.257 e. The summed E-state index contributed by atoms with van der Waals surface area (Å²) in [5.74, 6) is -1.55. The number of carbonyl (C=O) groups is 3. The summed E-state index contributed by atoms with van der Waals surface area (Å²) < 4.78 is 13.3. The van der Waals surface area contributed by atoms with Gasteiger partial charge in [0.1, 0.15) is 11.9 Å². The number of nitrogens with zero attached hydrogens (tertiary/aromatic N) is 2. The standard InChI is InChI=1S/C22H20ClFN2O3/c23-15-7-11-18(12-8-15)26-20(27)13-19(22(26)29)25(17-3-1-2-4-17)21(28)14-5-9-16(24)10-6-14/h5-12,17,19H,1-4,13H2. The van der Waals surface area contributed by atoms with Crippen molar-refractivity contribution in [3.63, 3.8) is 0 Å². The summed E-state index contributed by atoms with van der Waals surface area (Å²) in [6.07, 6.45) is 3.43. The lowest BCUT2D eigenvalue weighted by molar-refractivity contribution is -0.123. The van der Waals surface area contributed by atoms with Crippen LogP contribution in [0.25, 0.3) is 0 Å². The second kappa shape index (κ2) is 7.95. The first-order valence-corrected chi connectivity index (χ1v) is 10.0. The zero-order valence-corrected chi connectivity index (χ0v) is 16.4. The number of anilines is 1. The Bertz CT molecular complexity index is 940. The van der Waals surface area contributed by atoms with Gasteiger partial charge in [-0.1, -0.05) is 24.4 Å². The molecule has 0 bridgehead atoms. The van der Waals surface area contributed by atoms with Crippen molar-refractivity contribution in [1.82, 2.24) is 4.90 Å². The molecule has 1 aliphatic carbocycles. The van der Waals surface area contributed by atoms with Gasteiger partial charge in [0.15, 0.2) is 0 Å². The predicted molar refractivity (Wildman–Crippen MR) is 107 cm³/mol. The molecule has 0 N–H and O–H groups in total. The van der Waals surface area contributed by atoms with Gasteiger partial charge in [0.05, 0.1) is 12.1 Å². The van der Waals surface area contributed by atoms with E-state index in [4.69, 9.17) is 11.6 Å². The quantitative estimate of drug-likeness (QED) is 0.704. The number of rotatable bonds is 4. The van der Waals surface area contributed by atoms with Crippen LogP contribution in [0.5, 0.6) is 0 Å². The monoisotopic (exact) mass is 414 g/mol. The number of carbonyl (C=O) groups excluding carboxylic acids is 3. The van der Waals surface area contributed by atoms with E-state index in [1.807, 2.05) is 0 Å². The SMILES string of the molecule is O=C1CC(N(C(=O)c2ccc(F)cc2)C2CCCC2)C(=O)N1c1ccc(Cl)cc1. The van der Waals surface area contributed by atoms with Gasteiger partial charge >= 0.3 is 0 Å². The Morgan fingerprint density at radius 2 is 1.62 bits per heavy atom. The second-order valence-corrected chi connectivity index (χ2v) is 7.86. The van der Waals surface area contributed by atoms with Crippen LogP contribution in [0.1, 0.15) is 42.5 Å². The number of hydrogen-bond acceptors (Lipinski definition) is 3. The summed E-state index contributed by atoms with van der Waals surface area (Å²) in [6.45, 7) is 0. The molecule has 1 aliphatic heterocycles. The fourth-order valence-corrected chi connectivity index (χ4v) is 4.31. The number of halogens is 2. The van der Waals surface area contributed by atoms with Crippen molar-refractivity contribution in [2.75, 3.05) is 4.90 Å². The van der Waals surface area contributed by atoms with E-state index in [1.165, 1.54) is 24.3 Å². The van der Waals surface area contributed by atoms with Crippen molar-refractivity contribution in [3.05, 3.63) is 64.9 Å². The Labute approximate surface area is 173 Å². The van der Waals surface area contributed by atoms with Crippen LogP contribution in [0, 0.1) is 5.82 Å². The molecule has 4 rings (SSSR count). The van der Waals surface area contributed by atoms with Crippen molar-refractivity contribution < 1.29 is 18.8 Å². The normalized spacial score (nSPS) is 19.8. The number of amides is 3. The lowest BCUT2D eigenvalue weighted by atomic mass is 10.1. The third-order valence-corrected chi connectivity index (χ3v) is 5.84. The highest BCUT2D eigenvalue weighted by atomic mass is 35.5. The van der Waals surface area contributed by atoms with Crippen LogP contribution in [0.15, 0.2) is 48.5 Å². The molecule has 2 fully saturated rings. The lowest BCUT2D eigenvalue weighted by Crippen LogP contribution is -2.50. The molecule has 7 heteroatoms. The Hall–Kier alpha value is -2.73. The Kier molecular flexibility index (Phi) is 5.37. The predicted octanol–water partition coefficient (Wildman–Crippen LogP) is 4.20. The third-order valence-electron chi connectivity index (χ3n) is 5.59. The molecular formula is C22H20ClFN2O3. The molecule has 1 saturated carbocycles. The molecule has 0 radical (unpaired) electrons. The first kappa shape index (κ1) is 19.6. The highest BCUT2D eigenvalue weighted by Gasteiger charge is 2.47. The van der Waals surface area contributed by atoms with Crippen LogP contribution in [0.3, 0.4) is 0 Å². The van der Waals surface area contributed by atoms with Crippen molar-refractivity contribution in [3.8, 4) is 0 Å². The van der Waals surface area contributed by atoms with Crippen LogP contribution in [-0.4, -0.2) is 34.7 Å². The second-order valence-electron chi connectivity index (χ2n) is 7.42. The van der Waals surface area contributed by atoms with Gasteiger partial charge in [0.2, 0.25) is 5.91 Å². The number of hydrogen-bond donors (Lipinski definition) is 0. The van der Waals surface area contributed by atoms with E-state index in [0.717, 1.165) is 30.6 Å². The average Bonchev–Trinajstić information content (AvgIpc) is 3.33. The maximum Gasteiger partial charge on any atom is 0.257 e. The molecule has 5 nitrogen and oxygen atoms in total. The molecule has 1 saturated heterocycles. The van der Waals surface area contributed by atoms with Gasteiger partial charge in [-0.15, -0.1) is 0 Å². The summed E-state index contributed by atoms with van der Waals surface area (Å²) in [5, 5.41) is 0.503. The van der Waals surface area contributed by atoms with Gasteiger partial charge < -0.3 is 4.90 Å². The molecule has 1 heterocycles. The Balaban J connectivity index is 1.66. The molecule has 0 spiro atoms. The molecular weight excluding hydrogens is 395 g/mol. The largest absolute Gasteiger partial charge is 0.323 e. The summed E-state index contributed by atoms with van der Waals surface area (Å²) in [5.41, 5.74) is 0.746. The van der Waals surface area contributed by atoms with Crippen LogP contribution in [0.4, 0.5) is 10.1 Å². The van der Waals surface area contributed by atoms with Gasteiger partial charge in [-0.25, -0.2) is 9.29 Å². The molecule has 2 aromatic rings. The molecule has 2 aromatic carbocycles. The van der Waals surface area contributed by atoms with Crippen molar-refractivity contribution in [2.45, 2.75) is 44.2 Å². The van der Waals surface area contributed by atoms with Crippen LogP contribution < -0.4 is 4.90 Å². The van der Waals surface area contributed by atoms with Gasteiger partial charge in [-0.05, 0) is 61.4 Å². The topological polar surface area (TPSA) is 57.7 Å². The van der Waals surface area contributed by atoms with Crippen LogP contribution in [0.2, 0.25) is 5.02 Å². The van der Waals surface area contributed by atoms with Gasteiger partial charge in [0.25, 0.3) is 11.8 Å². The van der Waals surface area contributed by atoms with Crippen molar-refractivity contribution in [1.29, 1.82) is 0 Å². The molecule has 1 unspecified atom stereocenters. The fourth-order valence-electron chi connectivity index (χ4n) is 4.18. The average molecular weight is 415 g/mol. The van der Waals surface area contributed by atoms with Crippen LogP contribution in [-0.2, 0) is 9.59 Å². The minimum Gasteiger partial charge on any atom is -0.323 e. The number of imide groups is 1. The van der Waals surface area contributed by atoms with E-state index in [0.29, 0.717) is 16.3 Å². The van der Waals surface area contributed by atoms with Gasteiger partial charge in [-0.2, -0.15) is 0 Å². The molecule has 3 amide bonds. The fraction of sp³-hybridized carbons (Fsp3) is 0.318. The molecule has 29 heavy (non-hydrogen) atoms. The Morgan fingerprint density at radius 3 is 2.24 bits per heavy atom. The molecule has 150 valence electrons. The van der Waals surface area contributed by atoms with E-state index in [-0.39, 0.29) is 24.3 Å². The number of benzene rings is 2. The summed E-state index contributed by atoms with van der Waals surface area (Å²) in [7, 11) is 0. The van der Waals surface area contributed by atoms with E-state index >= 15 is 0 Å². The van der Waals surface area contributed by atoms with Crippen LogP contribution >= 0.6 is 11.6 Å². The van der Waals surface area contributed by atoms with E-state index < -0.39 is 17.8 Å². The minimum atomic E-state index is -0.862. The summed E-state index contributed by atoms with van der Waals surface area (Å²) in [6, 6.07) is 10.8. The minimum absolute atomic E-state index is 0.0646. The lowest BCUT2D eigenvalue weighted by Gasteiger charge is -2.33. The van der Waals surface area contributed by atoms with Gasteiger partial charge in [-0.3, -0.25) is 14.4 Å². The summed E-state index contributed by atoms with van der Waals surface area (Å²) >= 11 is 5.91. The van der Waals surface area contributed by atoms with E-state index in [1.54, 1.807) is 29.2 Å². The molecule has 2 aliphatic rings. The highest BCUT2D eigenvalue weighted by Crippen LogP contribution is 2.33. The first-order valence-electron chi connectivity index (χ1n) is 9.66.